The van der Waals surface area contributed by atoms with Crippen molar-refractivity contribution >= 4 is 28.1 Å². The maximum absolute atomic E-state index is 12.2. The van der Waals surface area contributed by atoms with E-state index in [1.165, 1.54) is 0 Å². The van der Waals surface area contributed by atoms with Crippen LogP contribution in [0.15, 0.2) is 46.0 Å². The topological polar surface area (TPSA) is 69.2 Å². The van der Waals surface area contributed by atoms with Gasteiger partial charge in [-0.3, -0.25) is 4.79 Å². The molecule has 0 unspecified atom stereocenters. The molecule has 0 fully saturated rings. The maximum atomic E-state index is 12.2. The monoisotopic (exact) mass is 448 g/mol. The van der Waals surface area contributed by atoms with E-state index >= 15 is 0 Å². The number of carbonyl (C=O) groups excluding carboxylic acids is 1. The van der Waals surface area contributed by atoms with E-state index in [1.54, 1.807) is 30.5 Å². The molecule has 2 rings (SSSR count). The highest BCUT2D eigenvalue weighted by Gasteiger charge is 2.11. The van der Waals surface area contributed by atoms with Crippen molar-refractivity contribution in [3.05, 3.63) is 52.0 Å². The molecule has 150 valence electrons. The maximum Gasteiger partial charge on any atom is 0.271 e. The Bertz CT molecular complexity index is 807. The summed E-state index contributed by atoms with van der Waals surface area (Å²) >= 11 is 3.49. The molecule has 0 aliphatic carbocycles. The fraction of sp³-hybridized carbons (Fsp3) is 0.333. The quantitative estimate of drug-likeness (QED) is 0.418. The van der Waals surface area contributed by atoms with Crippen LogP contribution in [0.4, 0.5) is 0 Å². The second kappa shape index (κ2) is 11.3. The van der Waals surface area contributed by atoms with Gasteiger partial charge in [0.25, 0.3) is 5.91 Å². The first kappa shape index (κ1) is 21.8. The largest absolute Gasteiger partial charge is 0.494 e. The van der Waals surface area contributed by atoms with Gasteiger partial charge < -0.3 is 14.2 Å². The molecule has 2 aromatic carbocycles. The van der Waals surface area contributed by atoms with Gasteiger partial charge in [-0.05, 0) is 78.2 Å². The summed E-state index contributed by atoms with van der Waals surface area (Å²) < 4.78 is 17.5. The molecular formula is C21H25BrN2O4. The number of rotatable bonds is 10. The normalized spacial score (nSPS) is 10.7. The molecule has 2 aromatic rings. The lowest BCUT2D eigenvalue weighted by atomic mass is 10.2. The van der Waals surface area contributed by atoms with Crippen molar-refractivity contribution in [2.24, 2.45) is 5.10 Å². The minimum absolute atomic E-state index is 0.298. The van der Waals surface area contributed by atoms with Gasteiger partial charge in [0, 0.05) is 5.56 Å². The number of carbonyl (C=O) groups is 1. The number of benzene rings is 2. The van der Waals surface area contributed by atoms with Gasteiger partial charge in [0.15, 0.2) is 11.5 Å². The van der Waals surface area contributed by atoms with Crippen molar-refractivity contribution in [1.82, 2.24) is 5.43 Å². The zero-order valence-corrected chi connectivity index (χ0v) is 17.9. The van der Waals surface area contributed by atoms with E-state index in [9.17, 15) is 4.79 Å². The van der Waals surface area contributed by atoms with Crippen LogP contribution in [-0.4, -0.2) is 31.9 Å². The average Bonchev–Trinajstić information content (AvgIpc) is 2.69. The Morgan fingerprint density at radius 1 is 1.07 bits per heavy atom. The molecule has 0 saturated heterocycles. The van der Waals surface area contributed by atoms with E-state index in [1.807, 2.05) is 32.9 Å². The van der Waals surface area contributed by atoms with Crippen LogP contribution >= 0.6 is 15.9 Å². The smallest absolute Gasteiger partial charge is 0.271 e. The summed E-state index contributed by atoms with van der Waals surface area (Å²) in [5, 5.41) is 4.03. The van der Waals surface area contributed by atoms with Crippen molar-refractivity contribution in [1.29, 1.82) is 0 Å². The highest BCUT2D eigenvalue weighted by atomic mass is 79.9. The summed E-state index contributed by atoms with van der Waals surface area (Å²) in [6, 6.07) is 10.6. The predicted molar refractivity (Wildman–Crippen MR) is 114 cm³/mol. The van der Waals surface area contributed by atoms with Gasteiger partial charge in [0.2, 0.25) is 0 Å². The predicted octanol–water partition coefficient (Wildman–Crippen LogP) is 4.80. The van der Waals surface area contributed by atoms with Crippen molar-refractivity contribution in [2.45, 2.75) is 27.2 Å². The summed E-state index contributed by atoms with van der Waals surface area (Å²) in [6.07, 6.45) is 2.49. The third-order valence-electron chi connectivity index (χ3n) is 3.59. The first-order valence-electron chi connectivity index (χ1n) is 9.24. The third-order valence-corrected chi connectivity index (χ3v) is 4.18. The van der Waals surface area contributed by atoms with Crippen LogP contribution in [0.5, 0.6) is 17.2 Å². The standard InChI is InChI=1S/C21H25BrN2O4/c1-4-11-28-17-9-7-16(8-10-17)21(25)24-23-14-15-12-18(22)20(27-6-3)19(13-15)26-5-2/h7-10,12-14H,4-6,11H2,1-3H3,(H,24,25)/b23-14-. The van der Waals surface area contributed by atoms with E-state index in [0.717, 1.165) is 22.2 Å². The third kappa shape index (κ3) is 6.27. The summed E-state index contributed by atoms with van der Waals surface area (Å²) in [5.41, 5.74) is 3.79. The molecule has 28 heavy (non-hydrogen) atoms. The van der Waals surface area contributed by atoms with Gasteiger partial charge in [-0.25, -0.2) is 5.43 Å². The van der Waals surface area contributed by atoms with Crippen molar-refractivity contribution < 1.29 is 19.0 Å². The number of hydrogen-bond acceptors (Lipinski definition) is 5. The van der Waals surface area contributed by atoms with E-state index in [0.29, 0.717) is 36.9 Å². The SMILES string of the molecule is CCCOc1ccc(C(=O)N/N=C\c2cc(Br)c(OCC)c(OCC)c2)cc1. The molecule has 6 nitrogen and oxygen atoms in total. The lowest BCUT2D eigenvalue weighted by Gasteiger charge is -2.13. The molecule has 0 aromatic heterocycles. The zero-order chi connectivity index (χ0) is 20.4. The Hall–Kier alpha value is -2.54. The molecule has 7 heteroatoms. The van der Waals surface area contributed by atoms with Gasteiger partial charge in [-0.2, -0.15) is 5.10 Å². The Balaban J connectivity index is 2.04. The van der Waals surface area contributed by atoms with E-state index in [-0.39, 0.29) is 5.91 Å². The Morgan fingerprint density at radius 3 is 2.43 bits per heavy atom. The molecule has 1 amide bonds. The van der Waals surface area contributed by atoms with Crippen LogP contribution in [0, 0.1) is 0 Å². The number of hydrogen-bond donors (Lipinski definition) is 1. The van der Waals surface area contributed by atoms with Gasteiger partial charge in [0.05, 0.1) is 30.5 Å². The summed E-state index contributed by atoms with van der Waals surface area (Å²) in [6.45, 7) is 7.56. The Labute approximate surface area is 174 Å². The number of halogens is 1. The minimum Gasteiger partial charge on any atom is -0.494 e. The molecule has 0 radical (unpaired) electrons. The minimum atomic E-state index is -0.298. The van der Waals surface area contributed by atoms with Gasteiger partial charge in [-0.15, -0.1) is 0 Å². The van der Waals surface area contributed by atoms with Crippen LogP contribution in [0.25, 0.3) is 0 Å². The number of nitrogens with one attached hydrogen (secondary N) is 1. The number of ether oxygens (including phenoxy) is 3. The summed E-state index contributed by atoms with van der Waals surface area (Å²) in [7, 11) is 0. The molecular weight excluding hydrogens is 424 g/mol. The average molecular weight is 449 g/mol. The Kier molecular flexibility index (Phi) is 8.81. The second-order valence-electron chi connectivity index (χ2n) is 5.77. The molecule has 0 aliphatic heterocycles. The van der Waals surface area contributed by atoms with E-state index in [4.69, 9.17) is 14.2 Å². The molecule has 1 N–H and O–H groups in total. The zero-order valence-electron chi connectivity index (χ0n) is 16.3. The highest BCUT2D eigenvalue weighted by Crippen LogP contribution is 2.36. The molecule has 0 atom stereocenters. The van der Waals surface area contributed by atoms with Crippen LogP contribution in [-0.2, 0) is 0 Å². The van der Waals surface area contributed by atoms with Crippen molar-refractivity contribution in [3.63, 3.8) is 0 Å². The fourth-order valence-corrected chi connectivity index (χ4v) is 2.94. The first-order valence-corrected chi connectivity index (χ1v) is 10.0. The number of nitrogens with zero attached hydrogens (tertiary/aromatic N) is 1. The molecule has 0 saturated carbocycles. The molecule has 0 spiro atoms. The van der Waals surface area contributed by atoms with Crippen LogP contribution in [0.2, 0.25) is 0 Å². The van der Waals surface area contributed by atoms with Crippen molar-refractivity contribution in [2.75, 3.05) is 19.8 Å². The van der Waals surface area contributed by atoms with Crippen molar-refractivity contribution in [3.8, 4) is 17.2 Å². The number of amides is 1. The molecule has 0 bridgehead atoms. The molecule has 0 heterocycles. The van der Waals surface area contributed by atoms with Gasteiger partial charge in [0.1, 0.15) is 5.75 Å². The summed E-state index contributed by atoms with van der Waals surface area (Å²) in [4.78, 5) is 12.2. The fourth-order valence-electron chi connectivity index (χ4n) is 2.36. The Morgan fingerprint density at radius 2 is 1.79 bits per heavy atom. The van der Waals surface area contributed by atoms with E-state index < -0.39 is 0 Å². The lowest BCUT2D eigenvalue weighted by molar-refractivity contribution is 0.0955. The second-order valence-corrected chi connectivity index (χ2v) is 6.62. The van der Waals surface area contributed by atoms with Crippen LogP contribution in [0.1, 0.15) is 43.1 Å². The number of hydrazone groups is 1. The van der Waals surface area contributed by atoms with Gasteiger partial charge in [-0.1, -0.05) is 6.92 Å². The van der Waals surface area contributed by atoms with E-state index in [2.05, 4.69) is 26.5 Å². The first-order chi connectivity index (χ1) is 13.6. The lowest BCUT2D eigenvalue weighted by Crippen LogP contribution is -2.17. The molecule has 0 aliphatic rings. The summed E-state index contributed by atoms with van der Waals surface area (Å²) in [5.74, 6) is 1.71. The highest BCUT2D eigenvalue weighted by molar-refractivity contribution is 9.10. The van der Waals surface area contributed by atoms with Gasteiger partial charge >= 0.3 is 0 Å². The van der Waals surface area contributed by atoms with Crippen LogP contribution < -0.4 is 19.6 Å². The van der Waals surface area contributed by atoms with Crippen LogP contribution in [0.3, 0.4) is 0 Å².